The van der Waals surface area contributed by atoms with Crippen LogP contribution in [0.2, 0.25) is 0 Å². The van der Waals surface area contributed by atoms with E-state index >= 15 is 0 Å². The van der Waals surface area contributed by atoms with Crippen LogP contribution in [0.25, 0.3) is 22.0 Å². The van der Waals surface area contributed by atoms with Crippen molar-refractivity contribution >= 4 is 22.4 Å². The molecule has 1 aliphatic heterocycles. The number of pyridine rings is 1. The number of rotatable bonds is 4. The highest BCUT2D eigenvalue weighted by Crippen LogP contribution is 2.45. The number of aromatic nitrogens is 1. The fourth-order valence-corrected chi connectivity index (χ4v) is 3.85. The molecule has 2 aromatic carbocycles. The summed E-state index contributed by atoms with van der Waals surface area (Å²) in [5, 5.41) is 4.31. The van der Waals surface area contributed by atoms with E-state index in [4.69, 9.17) is 20.2 Å². The number of nitrogens with two attached hydrogens (primary N) is 1. The van der Waals surface area contributed by atoms with Gasteiger partial charge in [0.1, 0.15) is 5.82 Å². The molecule has 0 bridgehead atoms. The number of nitrogens with one attached hydrogen (secondary N) is 1. The first kappa shape index (κ1) is 18.4. The summed E-state index contributed by atoms with van der Waals surface area (Å²) in [6.45, 7) is 3.85. The quantitative estimate of drug-likeness (QED) is 0.726. The summed E-state index contributed by atoms with van der Waals surface area (Å²) in [5.74, 6) is 2.22. The first-order valence-electron chi connectivity index (χ1n) is 9.59. The van der Waals surface area contributed by atoms with Crippen molar-refractivity contribution in [2.24, 2.45) is 0 Å². The third-order valence-electron chi connectivity index (χ3n) is 5.18. The van der Waals surface area contributed by atoms with E-state index in [2.05, 4.69) is 10.2 Å². The number of fused-ring (bicyclic) bond motifs is 1. The molecular weight excluding hydrogens is 352 g/mol. The number of hydrogen-bond donors (Lipinski definition) is 2. The first-order chi connectivity index (χ1) is 13.7. The van der Waals surface area contributed by atoms with Crippen molar-refractivity contribution in [2.45, 2.75) is 6.42 Å². The van der Waals surface area contributed by atoms with Crippen LogP contribution in [0.15, 0.2) is 42.5 Å². The molecule has 0 saturated carbocycles. The minimum Gasteiger partial charge on any atom is -0.493 e. The number of ether oxygens (including phenoxy) is 2. The zero-order valence-corrected chi connectivity index (χ0v) is 16.4. The Morgan fingerprint density at radius 3 is 2.61 bits per heavy atom. The van der Waals surface area contributed by atoms with Crippen LogP contribution >= 0.6 is 0 Å². The number of hydrogen-bond acceptors (Lipinski definition) is 6. The van der Waals surface area contributed by atoms with Gasteiger partial charge in [-0.2, -0.15) is 0 Å². The monoisotopic (exact) mass is 378 g/mol. The molecule has 4 rings (SSSR count). The summed E-state index contributed by atoms with van der Waals surface area (Å²) in [4.78, 5) is 7.24. The zero-order chi connectivity index (χ0) is 19.5. The van der Waals surface area contributed by atoms with Crippen LogP contribution in [0.4, 0.5) is 11.5 Å². The Morgan fingerprint density at radius 2 is 1.86 bits per heavy atom. The van der Waals surface area contributed by atoms with Crippen molar-refractivity contribution in [3.63, 3.8) is 0 Å². The van der Waals surface area contributed by atoms with E-state index in [0.29, 0.717) is 17.2 Å². The fourth-order valence-electron chi connectivity index (χ4n) is 3.85. The molecule has 3 N–H and O–H groups in total. The third-order valence-corrected chi connectivity index (χ3v) is 5.18. The van der Waals surface area contributed by atoms with Crippen LogP contribution in [0.3, 0.4) is 0 Å². The van der Waals surface area contributed by atoms with Crippen molar-refractivity contribution in [1.29, 1.82) is 0 Å². The molecule has 28 heavy (non-hydrogen) atoms. The smallest absolute Gasteiger partial charge is 0.169 e. The first-order valence-corrected chi connectivity index (χ1v) is 9.59. The summed E-state index contributed by atoms with van der Waals surface area (Å²) in [7, 11) is 3.30. The Hall–Kier alpha value is -2.99. The molecule has 6 heteroatoms. The minimum absolute atomic E-state index is 0.649. The lowest BCUT2D eigenvalue weighted by Gasteiger charge is -2.23. The van der Waals surface area contributed by atoms with Gasteiger partial charge in [-0.1, -0.05) is 30.3 Å². The highest BCUT2D eigenvalue weighted by Gasteiger charge is 2.21. The van der Waals surface area contributed by atoms with Gasteiger partial charge in [-0.3, -0.25) is 0 Å². The molecule has 146 valence electrons. The molecule has 3 aromatic rings. The van der Waals surface area contributed by atoms with E-state index in [9.17, 15) is 0 Å². The Morgan fingerprint density at radius 1 is 1.04 bits per heavy atom. The van der Waals surface area contributed by atoms with Crippen molar-refractivity contribution in [2.75, 3.05) is 51.0 Å². The van der Waals surface area contributed by atoms with Gasteiger partial charge >= 0.3 is 0 Å². The Labute approximate surface area is 165 Å². The van der Waals surface area contributed by atoms with Gasteiger partial charge in [-0.25, -0.2) is 4.98 Å². The maximum absolute atomic E-state index is 6.58. The molecule has 0 spiro atoms. The molecule has 1 fully saturated rings. The van der Waals surface area contributed by atoms with E-state index in [-0.39, 0.29) is 0 Å². The van der Waals surface area contributed by atoms with Crippen LogP contribution in [0, 0.1) is 0 Å². The molecule has 1 aliphatic rings. The van der Waals surface area contributed by atoms with Gasteiger partial charge < -0.3 is 25.4 Å². The van der Waals surface area contributed by atoms with Crippen LogP contribution in [0.5, 0.6) is 11.5 Å². The van der Waals surface area contributed by atoms with Crippen molar-refractivity contribution in [3.8, 4) is 22.6 Å². The normalized spacial score (nSPS) is 14.7. The lowest BCUT2D eigenvalue weighted by molar-refractivity contribution is 0.357. The Bertz CT molecular complexity index is 967. The topological polar surface area (TPSA) is 72.6 Å². The van der Waals surface area contributed by atoms with Gasteiger partial charge in [0.2, 0.25) is 0 Å². The van der Waals surface area contributed by atoms with Crippen LogP contribution < -0.4 is 25.4 Å². The molecule has 0 unspecified atom stereocenters. The minimum atomic E-state index is 0.649. The molecule has 1 aromatic heterocycles. The van der Waals surface area contributed by atoms with Gasteiger partial charge in [0.15, 0.2) is 11.5 Å². The lowest BCUT2D eigenvalue weighted by atomic mass is 9.97. The third kappa shape index (κ3) is 3.31. The van der Waals surface area contributed by atoms with Gasteiger partial charge in [0.05, 0.1) is 19.7 Å². The molecular formula is C22H26N4O2. The largest absolute Gasteiger partial charge is 0.493 e. The highest BCUT2D eigenvalue weighted by atomic mass is 16.5. The summed E-state index contributed by atoms with van der Waals surface area (Å²) in [6, 6.07) is 14.0. The molecule has 6 nitrogen and oxygen atoms in total. The molecule has 0 amide bonds. The predicted molar refractivity (Wildman–Crippen MR) is 114 cm³/mol. The zero-order valence-electron chi connectivity index (χ0n) is 16.4. The Balaban J connectivity index is 1.96. The number of benzene rings is 2. The average molecular weight is 378 g/mol. The summed E-state index contributed by atoms with van der Waals surface area (Å²) in [6.07, 6.45) is 1.08. The number of nitrogen functional groups attached to an aromatic ring is 1. The summed E-state index contributed by atoms with van der Waals surface area (Å²) >= 11 is 0. The second-order valence-corrected chi connectivity index (χ2v) is 6.91. The van der Waals surface area contributed by atoms with Gasteiger partial charge in [-0.15, -0.1) is 0 Å². The van der Waals surface area contributed by atoms with E-state index in [0.717, 1.165) is 60.4 Å². The van der Waals surface area contributed by atoms with Gasteiger partial charge in [-0.05, 0) is 18.5 Å². The van der Waals surface area contributed by atoms with Crippen molar-refractivity contribution in [1.82, 2.24) is 10.3 Å². The SMILES string of the molecule is COc1cc2nc(N3CCCNCC3)cc(N)c2c(-c2ccccc2)c1OC. The second kappa shape index (κ2) is 7.94. The van der Waals surface area contributed by atoms with E-state index < -0.39 is 0 Å². The average Bonchev–Trinajstić information content (AvgIpc) is 3.02. The van der Waals surface area contributed by atoms with Crippen LogP contribution in [-0.4, -0.2) is 45.4 Å². The Kier molecular flexibility index (Phi) is 5.21. The number of methoxy groups -OCH3 is 2. The summed E-state index contributed by atoms with van der Waals surface area (Å²) in [5.41, 5.74) is 10.0. The molecule has 0 atom stereocenters. The van der Waals surface area contributed by atoms with E-state index in [1.807, 2.05) is 42.5 Å². The fraction of sp³-hybridized carbons (Fsp3) is 0.318. The molecule has 2 heterocycles. The van der Waals surface area contributed by atoms with Crippen molar-refractivity contribution < 1.29 is 9.47 Å². The standard InChI is InChI=1S/C22H26N4O2/c1-27-18-14-17-21(20(22(18)28-2)15-7-4-3-5-8-15)16(23)13-19(25-17)26-11-6-9-24-10-12-26/h3-5,7-8,13-14,24H,6,9-12H2,1-2H3,(H2,23,25). The maximum Gasteiger partial charge on any atom is 0.169 e. The highest BCUT2D eigenvalue weighted by molar-refractivity contribution is 6.07. The van der Waals surface area contributed by atoms with E-state index in [1.165, 1.54) is 0 Å². The maximum atomic E-state index is 6.58. The predicted octanol–water partition coefficient (Wildman–Crippen LogP) is 3.30. The molecule has 1 saturated heterocycles. The second-order valence-electron chi connectivity index (χ2n) is 6.91. The van der Waals surface area contributed by atoms with Gasteiger partial charge in [0.25, 0.3) is 0 Å². The lowest BCUT2D eigenvalue weighted by Crippen LogP contribution is -2.28. The number of anilines is 2. The number of nitrogens with zero attached hydrogens (tertiary/aromatic N) is 2. The summed E-state index contributed by atoms with van der Waals surface area (Å²) < 4.78 is 11.3. The van der Waals surface area contributed by atoms with E-state index in [1.54, 1.807) is 14.2 Å². The van der Waals surface area contributed by atoms with Crippen LogP contribution in [-0.2, 0) is 0 Å². The van der Waals surface area contributed by atoms with Gasteiger partial charge in [0, 0.05) is 48.4 Å². The van der Waals surface area contributed by atoms with Crippen LogP contribution in [0.1, 0.15) is 6.42 Å². The van der Waals surface area contributed by atoms with Crippen molar-refractivity contribution in [3.05, 3.63) is 42.5 Å². The molecule has 0 radical (unpaired) electrons. The molecule has 0 aliphatic carbocycles.